The maximum atomic E-state index is 13.1. The predicted octanol–water partition coefficient (Wildman–Crippen LogP) is 4.15. The Labute approximate surface area is 176 Å². The molecule has 4 atom stereocenters. The van der Waals surface area contributed by atoms with E-state index in [1.165, 1.54) is 32.1 Å². The summed E-state index contributed by atoms with van der Waals surface area (Å²) >= 11 is 0. The first kappa shape index (κ1) is 19.5. The lowest BCUT2D eigenvalue weighted by atomic mass is 9.92. The van der Waals surface area contributed by atoms with Gasteiger partial charge in [0.15, 0.2) is 0 Å². The predicted molar refractivity (Wildman–Crippen MR) is 116 cm³/mol. The number of rotatable bonds is 3. The molecule has 2 aliphatic heterocycles. The first-order valence-electron chi connectivity index (χ1n) is 11.3. The molecule has 1 aromatic heterocycles. The van der Waals surface area contributed by atoms with Crippen LogP contribution < -0.4 is 5.56 Å². The molecule has 30 heavy (non-hydrogen) atoms. The van der Waals surface area contributed by atoms with Gasteiger partial charge in [0.2, 0.25) is 5.69 Å². The second-order valence-corrected chi connectivity index (χ2v) is 9.02. The Bertz CT molecular complexity index is 1030. The normalized spacial score (nSPS) is 30.7. The van der Waals surface area contributed by atoms with E-state index in [2.05, 4.69) is 22.0 Å². The van der Waals surface area contributed by atoms with Crippen LogP contribution in [-0.4, -0.2) is 43.7 Å². The molecule has 3 heterocycles. The first-order chi connectivity index (χ1) is 14.6. The highest BCUT2D eigenvalue weighted by Crippen LogP contribution is 2.43. The summed E-state index contributed by atoms with van der Waals surface area (Å²) in [5.41, 5.74) is 0.486. The molecule has 6 heteroatoms. The van der Waals surface area contributed by atoms with Gasteiger partial charge < -0.3 is 9.67 Å². The lowest BCUT2D eigenvalue weighted by molar-refractivity contribution is 0.0680. The van der Waals surface area contributed by atoms with Crippen LogP contribution in [-0.2, 0) is 0 Å². The highest BCUT2D eigenvalue weighted by atomic mass is 16.4. The van der Waals surface area contributed by atoms with Crippen molar-refractivity contribution in [1.82, 2.24) is 14.5 Å². The smallest absolute Gasteiger partial charge is 0.360 e. The summed E-state index contributed by atoms with van der Waals surface area (Å²) in [6, 6.07) is 8.85. The zero-order chi connectivity index (χ0) is 20.7. The maximum Gasteiger partial charge on any atom is 0.360 e. The number of carboxylic acids is 1. The lowest BCUT2D eigenvalue weighted by Gasteiger charge is -2.43. The Morgan fingerprint density at radius 1 is 1.00 bits per heavy atom. The van der Waals surface area contributed by atoms with E-state index in [1.807, 2.05) is 18.2 Å². The summed E-state index contributed by atoms with van der Waals surface area (Å²) < 4.78 is 1.74. The molecule has 2 aromatic rings. The number of allylic oxidation sites excluding steroid dienone is 1. The van der Waals surface area contributed by atoms with Crippen LogP contribution in [0.3, 0.4) is 0 Å². The maximum absolute atomic E-state index is 13.1. The third-order valence-corrected chi connectivity index (χ3v) is 7.24. The van der Waals surface area contributed by atoms with Crippen molar-refractivity contribution >= 4 is 17.0 Å². The molecule has 3 aliphatic rings. The second-order valence-electron chi connectivity index (χ2n) is 9.02. The number of benzene rings is 1. The summed E-state index contributed by atoms with van der Waals surface area (Å²) in [6.45, 7) is 0. The van der Waals surface area contributed by atoms with Crippen molar-refractivity contribution in [2.24, 2.45) is 0 Å². The molecule has 158 valence electrons. The fourth-order valence-corrected chi connectivity index (χ4v) is 5.98. The van der Waals surface area contributed by atoms with Gasteiger partial charge in [-0.2, -0.15) is 0 Å². The van der Waals surface area contributed by atoms with Crippen LogP contribution in [0.1, 0.15) is 74.3 Å². The van der Waals surface area contributed by atoms with E-state index in [4.69, 9.17) is 0 Å². The van der Waals surface area contributed by atoms with Gasteiger partial charge in [0.25, 0.3) is 5.56 Å². The van der Waals surface area contributed by atoms with Crippen LogP contribution in [0, 0.1) is 0 Å². The van der Waals surface area contributed by atoms with E-state index in [-0.39, 0.29) is 11.7 Å². The zero-order valence-corrected chi connectivity index (χ0v) is 17.2. The number of fused-ring (bicyclic) bond motifs is 3. The molecule has 5 rings (SSSR count). The Kier molecular flexibility index (Phi) is 5.19. The monoisotopic (exact) mass is 407 g/mol. The topological polar surface area (TPSA) is 75.4 Å². The van der Waals surface area contributed by atoms with Crippen LogP contribution in [0.4, 0.5) is 0 Å². The largest absolute Gasteiger partial charge is 0.476 e. The fourth-order valence-electron chi connectivity index (χ4n) is 5.98. The second kappa shape index (κ2) is 7.99. The van der Waals surface area contributed by atoms with Gasteiger partial charge in [0.05, 0.1) is 11.0 Å². The third kappa shape index (κ3) is 3.37. The average molecular weight is 408 g/mol. The van der Waals surface area contributed by atoms with Gasteiger partial charge in [-0.05, 0) is 57.1 Å². The third-order valence-electron chi connectivity index (χ3n) is 7.24. The van der Waals surface area contributed by atoms with Gasteiger partial charge in [-0.1, -0.05) is 37.1 Å². The van der Waals surface area contributed by atoms with Crippen molar-refractivity contribution < 1.29 is 9.90 Å². The van der Waals surface area contributed by atoms with Crippen LogP contribution >= 0.6 is 0 Å². The van der Waals surface area contributed by atoms with Gasteiger partial charge in [-0.25, -0.2) is 9.78 Å². The van der Waals surface area contributed by atoms with E-state index in [1.54, 1.807) is 10.6 Å². The molecular weight excluding hydrogens is 378 g/mol. The SMILES string of the molecule is O=C(O)c1nc2ccccc2n(C2CC3CC[C@@H](C2)N3C2/C=C\CCCCC2)c1=O. The van der Waals surface area contributed by atoms with Gasteiger partial charge in [-0.15, -0.1) is 0 Å². The Balaban J connectivity index is 1.50. The number of carboxylic acid groups (broad SMARTS) is 1. The van der Waals surface area contributed by atoms with Crippen molar-refractivity contribution in [3.8, 4) is 0 Å². The van der Waals surface area contributed by atoms with Crippen LogP contribution in [0.25, 0.3) is 11.0 Å². The summed E-state index contributed by atoms with van der Waals surface area (Å²) in [5, 5.41) is 9.53. The number of aromatic nitrogens is 2. The molecule has 1 aromatic carbocycles. The minimum Gasteiger partial charge on any atom is -0.476 e. The minimum atomic E-state index is -1.25. The quantitative estimate of drug-likeness (QED) is 0.774. The number of aromatic carboxylic acids is 1. The van der Waals surface area contributed by atoms with Gasteiger partial charge in [0.1, 0.15) is 0 Å². The van der Waals surface area contributed by atoms with E-state index in [0.717, 1.165) is 31.2 Å². The van der Waals surface area contributed by atoms with Crippen LogP contribution in [0.15, 0.2) is 41.2 Å². The number of carbonyl (C=O) groups is 1. The van der Waals surface area contributed by atoms with Crippen LogP contribution in [0.5, 0.6) is 0 Å². The highest BCUT2D eigenvalue weighted by molar-refractivity contribution is 5.88. The van der Waals surface area contributed by atoms with Crippen molar-refractivity contribution in [3.05, 3.63) is 52.5 Å². The average Bonchev–Trinajstić information content (AvgIpc) is 2.96. The van der Waals surface area contributed by atoms with Gasteiger partial charge >= 0.3 is 5.97 Å². The molecule has 2 saturated heterocycles. The van der Waals surface area contributed by atoms with Gasteiger partial charge in [-0.3, -0.25) is 9.69 Å². The molecule has 0 radical (unpaired) electrons. The summed E-state index contributed by atoms with van der Waals surface area (Å²) in [7, 11) is 0. The van der Waals surface area contributed by atoms with Crippen molar-refractivity contribution in [1.29, 1.82) is 0 Å². The minimum absolute atomic E-state index is 0.0229. The Hall–Kier alpha value is -2.47. The number of hydrogen-bond donors (Lipinski definition) is 1. The van der Waals surface area contributed by atoms with Crippen molar-refractivity contribution in [3.63, 3.8) is 0 Å². The Morgan fingerprint density at radius 2 is 1.77 bits per heavy atom. The van der Waals surface area contributed by atoms with Crippen LogP contribution in [0.2, 0.25) is 0 Å². The molecule has 3 unspecified atom stereocenters. The molecular formula is C24H29N3O3. The van der Waals surface area contributed by atoms with E-state index in [0.29, 0.717) is 23.6 Å². The molecule has 2 bridgehead atoms. The summed E-state index contributed by atoms with van der Waals surface area (Å²) in [4.78, 5) is 31.6. The van der Waals surface area contributed by atoms with Gasteiger partial charge in [0, 0.05) is 24.2 Å². The summed E-state index contributed by atoms with van der Waals surface area (Å²) in [5.74, 6) is -1.25. The van der Waals surface area contributed by atoms with E-state index >= 15 is 0 Å². The fraction of sp³-hybridized carbons (Fsp3) is 0.542. The molecule has 0 spiro atoms. The molecule has 1 N–H and O–H groups in total. The first-order valence-corrected chi connectivity index (χ1v) is 11.3. The molecule has 2 fully saturated rings. The van der Waals surface area contributed by atoms with E-state index < -0.39 is 11.5 Å². The lowest BCUT2D eigenvalue weighted by Crippen LogP contribution is -2.49. The van der Waals surface area contributed by atoms with E-state index in [9.17, 15) is 14.7 Å². The van der Waals surface area contributed by atoms with Crippen molar-refractivity contribution in [2.75, 3.05) is 0 Å². The molecule has 0 amide bonds. The highest BCUT2D eigenvalue weighted by Gasteiger charge is 2.44. The number of hydrogen-bond acceptors (Lipinski definition) is 4. The number of para-hydroxylation sites is 2. The standard InChI is InChI=1S/C24H29N3O3/c28-23-22(24(29)30)25-20-10-6-7-11-21(20)27(23)19-14-17-12-13-18(15-19)26(17)16-8-4-2-1-3-5-9-16/h4,6-8,10-11,16-19H,1-3,5,9,12-15H2,(H,29,30)/b8-4-/t16?,17-,18?,19?/m0/s1. The zero-order valence-electron chi connectivity index (χ0n) is 17.2. The number of piperidine rings is 1. The Morgan fingerprint density at radius 3 is 2.53 bits per heavy atom. The molecule has 0 saturated carbocycles. The molecule has 1 aliphatic carbocycles. The van der Waals surface area contributed by atoms with Crippen molar-refractivity contribution in [2.45, 2.75) is 82.0 Å². The summed E-state index contributed by atoms with van der Waals surface area (Å²) in [6.07, 6.45) is 15.2. The number of nitrogens with zero attached hydrogens (tertiary/aromatic N) is 3. The molecule has 6 nitrogen and oxygen atoms in total.